The smallest absolute Gasteiger partial charge is 0.259 e. The number of aromatic nitrogens is 2. The van der Waals surface area contributed by atoms with Crippen molar-refractivity contribution >= 4 is 28.3 Å². The summed E-state index contributed by atoms with van der Waals surface area (Å²) in [6.07, 6.45) is 0. The van der Waals surface area contributed by atoms with Crippen LogP contribution in [0.2, 0.25) is 0 Å². The molecule has 0 unspecified atom stereocenters. The van der Waals surface area contributed by atoms with Crippen LogP contribution >= 0.6 is 11.3 Å². The van der Waals surface area contributed by atoms with Gasteiger partial charge in [-0.15, -0.1) is 11.3 Å². The molecule has 1 aromatic carbocycles. The molecule has 0 bridgehead atoms. The first kappa shape index (κ1) is 20.0. The van der Waals surface area contributed by atoms with E-state index in [1.807, 2.05) is 19.1 Å². The summed E-state index contributed by atoms with van der Waals surface area (Å²) in [5.41, 5.74) is 2.69. The number of nitrogens with zero attached hydrogens (tertiary/aromatic N) is 3. The molecule has 0 aliphatic heterocycles. The van der Waals surface area contributed by atoms with E-state index in [2.05, 4.69) is 10.1 Å². The monoisotopic (exact) mass is 425 g/mol. The van der Waals surface area contributed by atoms with Gasteiger partial charge in [0, 0.05) is 18.5 Å². The summed E-state index contributed by atoms with van der Waals surface area (Å²) in [5, 5.41) is 4.57. The average Bonchev–Trinajstić information content (AvgIpc) is 3.33. The van der Waals surface area contributed by atoms with Crippen molar-refractivity contribution in [2.24, 2.45) is 0 Å². The third-order valence-corrected chi connectivity index (χ3v) is 5.85. The van der Waals surface area contributed by atoms with Crippen LogP contribution in [0.3, 0.4) is 0 Å². The highest BCUT2D eigenvalue weighted by Crippen LogP contribution is 2.31. The molecule has 0 spiro atoms. The third-order valence-electron chi connectivity index (χ3n) is 4.82. The highest BCUT2D eigenvalue weighted by Gasteiger charge is 2.22. The summed E-state index contributed by atoms with van der Waals surface area (Å²) in [5.74, 6) is -0.522. The zero-order chi connectivity index (χ0) is 21.4. The molecule has 30 heavy (non-hydrogen) atoms. The van der Waals surface area contributed by atoms with Gasteiger partial charge in [-0.3, -0.25) is 4.79 Å². The SMILES string of the molecule is COc1ccc(CN(C)C(=O)c2cc(-c3ccc(C)s3)nc3onc(C)c23)cc1F. The largest absolute Gasteiger partial charge is 0.494 e. The number of hydrogen-bond donors (Lipinski definition) is 0. The minimum absolute atomic E-state index is 0.166. The summed E-state index contributed by atoms with van der Waals surface area (Å²) < 4.78 is 24.3. The Labute approximate surface area is 176 Å². The van der Waals surface area contributed by atoms with E-state index in [0.717, 1.165) is 9.75 Å². The average molecular weight is 425 g/mol. The summed E-state index contributed by atoms with van der Waals surface area (Å²) in [7, 11) is 3.09. The lowest BCUT2D eigenvalue weighted by Gasteiger charge is -2.18. The Hall–Kier alpha value is -3.26. The fourth-order valence-corrected chi connectivity index (χ4v) is 4.15. The Balaban J connectivity index is 1.71. The van der Waals surface area contributed by atoms with Gasteiger partial charge in [0.05, 0.1) is 34.3 Å². The molecule has 0 saturated carbocycles. The second-order valence-electron chi connectivity index (χ2n) is 7.04. The van der Waals surface area contributed by atoms with Gasteiger partial charge in [0.15, 0.2) is 11.6 Å². The molecule has 0 N–H and O–H groups in total. The topological polar surface area (TPSA) is 68.5 Å². The van der Waals surface area contributed by atoms with Crippen LogP contribution in [0.5, 0.6) is 5.75 Å². The van der Waals surface area contributed by atoms with Gasteiger partial charge in [-0.1, -0.05) is 11.2 Å². The summed E-state index contributed by atoms with van der Waals surface area (Å²) >= 11 is 1.59. The van der Waals surface area contributed by atoms with Gasteiger partial charge in [-0.2, -0.15) is 0 Å². The lowest BCUT2D eigenvalue weighted by Crippen LogP contribution is -2.26. The molecule has 0 atom stereocenters. The van der Waals surface area contributed by atoms with Gasteiger partial charge >= 0.3 is 0 Å². The molecule has 154 valence electrons. The van der Waals surface area contributed by atoms with Gasteiger partial charge < -0.3 is 14.2 Å². The normalized spacial score (nSPS) is 11.1. The number of amides is 1. The number of thiophene rings is 1. The maximum atomic E-state index is 14.0. The van der Waals surface area contributed by atoms with Gasteiger partial charge in [-0.05, 0) is 49.7 Å². The Morgan fingerprint density at radius 2 is 2.03 bits per heavy atom. The molecule has 1 amide bonds. The third kappa shape index (κ3) is 3.66. The van der Waals surface area contributed by atoms with Crippen molar-refractivity contribution < 1.29 is 18.4 Å². The number of halogens is 1. The first-order valence-electron chi connectivity index (χ1n) is 9.29. The number of aryl methyl sites for hydroxylation is 2. The first-order chi connectivity index (χ1) is 14.4. The Bertz CT molecular complexity index is 1250. The highest BCUT2D eigenvalue weighted by molar-refractivity contribution is 7.15. The Morgan fingerprint density at radius 3 is 2.70 bits per heavy atom. The summed E-state index contributed by atoms with van der Waals surface area (Å²) in [4.78, 5) is 21.5. The number of benzene rings is 1. The standard InChI is InChI=1S/C22H20FN3O3S/c1-12-5-8-19(30-12)17-10-15(20-13(2)25-29-21(20)24-17)22(27)26(3)11-14-6-7-18(28-4)16(23)9-14/h5-10H,11H2,1-4H3. The predicted octanol–water partition coefficient (Wildman–Crippen LogP) is 4.99. The molecule has 0 aliphatic rings. The molecule has 4 aromatic rings. The molecule has 4 rings (SSSR count). The molecule has 3 aromatic heterocycles. The van der Waals surface area contributed by atoms with E-state index in [1.54, 1.807) is 43.5 Å². The zero-order valence-corrected chi connectivity index (χ0v) is 17.8. The number of pyridine rings is 1. The number of rotatable bonds is 5. The number of fused-ring (bicyclic) bond motifs is 1. The molecule has 0 saturated heterocycles. The molecule has 0 aliphatic carbocycles. The molecule has 6 nitrogen and oxygen atoms in total. The van der Waals surface area contributed by atoms with E-state index < -0.39 is 5.82 Å². The fraction of sp³-hybridized carbons (Fsp3) is 0.227. The first-order valence-corrected chi connectivity index (χ1v) is 10.1. The molecule has 8 heteroatoms. The van der Waals surface area contributed by atoms with E-state index in [-0.39, 0.29) is 18.2 Å². The predicted molar refractivity (Wildman–Crippen MR) is 113 cm³/mol. The Morgan fingerprint density at radius 1 is 1.23 bits per heavy atom. The van der Waals surface area contributed by atoms with Crippen molar-refractivity contribution in [3.63, 3.8) is 0 Å². The molecule has 0 fully saturated rings. The van der Waals surface area contributed by atoms with Gasteiger partial charge in [0.1, 0.15) is 0 Å². The van der Waals surface area contributed by atoms with Crippen LogP contribution in [-0.2, 0) is 6.54 Å². The summed E-state index contributed by atoms with van der Waals surface area (Å²) in [6, 6.07) is 10.4. The lowest BCUT2D eigenvalue weighted by atomic mass is 10.1. The van der Waals surface area contributed by atoms with E-state index in [0.29, 0.717) is 33.6 Å². The minimum atomic E-state index is -0.465. The number of carbonyl (C=O) groups is 1. The van der Waals surface area contributed by atoms with Gasteiger partial charge in [-0.25, -0.2) is 9.37 Å². The van der Waals surface area contributed by atoms with Crippen molar-refractivity contribution in [3.05, 3.63) is 63.9 Å². The van der Waals surface area contributed by atoms with Crippen molar-refractivity contribution in [3.8, 4) is 16.3 Å². The molecule has 3 heterocycles. The van der Waals surface area contributed by atoms with Gasteiger partial charge in [0.25, 0.3) is 11.6 Å². The maximum absolute atomic E-state index is 14.0. The highest BCUT2D eigenvalue weighted by atomic mass is 32.1. The Kier molecular flexibility index (Phi) is 5.26. The maximum Gasteiger partial charge on any atom is 0.259 e. The van der Waals surface area contributed by atoms with Crippen LogP contribution in [0.4, 0.5) is 4.39 Å². The van der Waals surface area contributed by atoms with Crippen LogP contribution in [0, 0.1) is 19.7 Å². The van der Waals surface area contributed by atoms with Crippen molar-refractivity contribution in [2.45, 2.75) is 20.4 Å². The lowest BCUT2D eigenvalue weighted by molar-refractivity contribution is 0.0786. The number of ether oxygens (including phenoxy) is 1. The van der Waals surface area contributed by atoms with Crippen LogP contribution in [0.15, 0.2) is 40.9 Å². The van der Waals surface area contributed by atoms with Crippen LogP contribution in [0.1, 0.15) is 26.5 Å². The quantitative estimate of drug-likeness (QED) is 0.451. The van der Waals surface area contributed by atoms with Crippen molar-refractivity contribution in [1.29, 1.82) is 0 Å². The fourth-order valence-electron chi connectivity index (χ4n) is 3.32. The second kappa shape index (κ2) is 7.87. The second-order valence-corrected chi connectivity index (χ2v) is 8.33. The summed E-state index contributed by atoms with van der Waals surface area (Å²) in [6.45, 7) is 4.03. The van der Waals surface area contributed by atoms with Crippen LogP contribution < -0.4 is 4.74 Å². The van der Waals surface area contributed by atoms with E-state index in [9.17, 15) is 9.18 Å². The van der Waals surface area contributed by atoms with E-state index in [4.69, 9.17) is 9.26 Å². The molecular weight excluding hydrogens is 405 g/mol. The van der Waals surface area contributed by atoms with Crippen molar-refractivity contribution in [1.82, 2.24) is 15.0 Å². The van der Waals surface area contributed by atoms with E-state index >= 15 is 0 Å². The molecule has 0 radical (unpaired) electrons. The zero-order valence-electron chi connectivity index (χ0n) is 17.0. The van der Waals surface area contributed by atoms with Crippen LogP contribution in [0.25, 0.3) is 21.7 Å². The number of carbonyl (C=O) groups excluding carboxylic acids is 1. The number of methoxy groups -OCH3 is 1. The minimum Gasteiger partial charge on any atom is -0.494 e. The van der Waals surface area contributed by atoms with E-state index in [1.165, 1.54) is 18.1 Å². The van der Waals surface area contributed by atoms with Crippen molar-refractivity contribution in [2.75, 3.05) is 14.2 Å². The van der Waals surface area contributed by atoms with Gasteiger partial charge in [0.2, 0.25) is 0 Å². The number of hydrogen-bond acceptors (Lipinski definition) is 6. The molecular formula is C22H20FN3O3S. The van der Waals surface area contributed by atoms with Crippen LogP contribution in [-0.4, -0.2) is 35.1 Å².